The minimum Gasteiger partial charge on any atom is -0.372 e. The van der Waals surface area contributed by atoms with Crippen LogP contribution in [0.3, 0.4) is 0 Å². The summed E-state index contributed by atoms with van der Waals surface area (Å²) in [4.78, 5) is 7.35. The van der Waals surface area contributed by atoms with Gasteiger partial charge in [-0.3, -0.25) is 4.90 Å². The number of hydrogen-bond acceptors (Lipinski definition) is 5. The minimum atomic E-state index is 0.274. The third kappa shape index (κ3) is 5.35. The largest absolute Gasteiger partial charge is 0.372 e. The highest BCUT2D eigenvalue weighted by Gasteiger charge is 2.31. The monoisotopic (exact) mass is 424 g/mol. The number of hydrogen-bond donors (Lipinski definition) is 0. The van der Waals surface area contributed by atoms with Gasteiger partial charge in [0.15, 0.2) is 0 Å². The Morgan fingerprint density at radius 2 is 1.65 bits per heavy atom. The molecule has 0 amide bonds. The fourth-order valence-electron chi connectivity index (χ4n) is 5.70. The van der Waals surface area contributed by atoms with Crippen molar-refractivity contribution in [1.82, 2.24) is 4.90 Å². The maximum absolute atomic E-state index is 9.03. The smallest absolute Gasteiger partial charge is 0.0867 e. The van der Waals surface area contributed by atoms with Crippen LogP contribution in [0.15, 0.2) is 18.2 Å². The van der Waals surface area contributed by atoms with Gasteiger partial charge in [-0.25, -0.2) is 0 Å². The molecule has 0 bridgehead atoms. The summed E-state index contributed by atoms with van der Waals surface area (Å²) in [6, 6.07) is 9.53. The molecule has 2 aliphatic heterocycles. The lowest BCUT2D eigenvalue weighted by atomic mass is 9.71. The normalized spacial score (nSPS) is 27.8. The molecule has 2 saturated heterocycles. The number of benzene rings is 1. The summed E-state index contributed by atoms with van der Waals surface area (Å²) in [5.74, 6) is 0.649. The van der Waals surface area contributed by atoms with Crippen molar-refractivity contribution in [3.8, 4) is 6.07 Å². The molecule has 1 aromatic carbocycles. The Hall–Kier alpha value is -1.77. The van der Waals surface area contributed by atoms with Crippen molar-refractivity contribution >= 4 is 11.4 Å². The van der Waals surface area contributed by atoms with Crippen LogP contribution in [-0.2, 0) is 4.74 Å². The fourth-order valence-corrected chi connectivity index (χ4v) is 5.70. The first-order chi connectivity index (χ1) is 14.8. The predicted octanol–water partition coefficient (Wildman–Crippen LogP) is 4.63. The highest BCUT2D eigenvalue weighted by atomic mass is 16.5. The molecule has 1 aliphatic carbocycles. The standard InChI is InChI=1S/C26H40N4O/c1-20-18-30(19-21(2)31-20)23-5-6-25(29-15-13-28(12-11-27)14-16-29)24(17-23)22-7-9-26(3,4)10-8-22/h5-6,17,20-22H,7-10,12-16,18-19H2,1-4H3. The summed E-state index contributed by atoms with van der Waals surface area (Å²) in [6.07, 6.45) is 5.74. The third-order valence-electron chi connectivity index (χ3n) is 7.58. The lowest BCUT2D eigenvalue weighted by Crippen LogP contribution is -2.47. The average molecular weight is 425 g/mol. The lowest BCUT2D eigenvalue weighted by molar-refractivity contribution is -0.00522. The molecule has 2 unspecified atom stereocenters. The molecule has 2 atom stereocenters. The van der Waals surface area contributed by atoms with Gasteiger partial charge in [0.2, 0.25) is 0 Å². The first-order valence-corrected chi connectivity index (χ1v) is 12.2. The summed E-state index contributed by atoms with van der Waals surface area (Å²) in [7, 11) is 0. The third-order valence-corrected chi connectivity index (χ3v) is 7.58. The van der Waals surface area contributed by atoms with E-state index in [-0.39, 0.29) is 12.2 Å². The summed E-state index contributed by atoms with van der Waals surface area (Å²) in [5, 5.41) is 9.03. The van der Waals surface area contributed by atoms with Gasteiger partial charge in [-0.15, -0.1) is 0 Å². The Labute approximate surface area is 188 Å². The molecular weight excluding hydrogens is 384 g/mol. The molecule has 3 aliphatic rings. The molecule has 1 saturated carbocycles. The van der Waals surface area contributed by atoms with E-state index in [0.717, 1.165) is 39.3 Å². The van der Waals surface area contributed by atoms with Gasteiger partial charge >= 0.3 is 0 Å². The van der Waals surface area contributed by atoms with E-state index in [1.54, 1.807) is 5.56 Å². The molecule has 0 N–H and O–H groups in total. The molecular formula is C26H40N4O. The number of ether oxygens (including phenoxy) is 1. The number of nitriles is 1. The zero-order valence-corrected chi connectivity index (χ0v) is 19.9. The van der Waals surface area contributed by atoms with Crippen LogP contribution in [0.5, 0.6) is 0 Å². The van der Waals surface area contributed by atoms with Crippen molar-refractivity contribution in [1.29, 1.82) is 5.26 Å². The molecule has 5 heteroatoms. The van der Waals surface area contributed by atoms with E-state index in [0.29, 0.717) is 17.9 Å². The topological polar surface area (TPSA) is 42.7 Å². The second-order valence-corrected chi connectivity index (χ2v) is 10.8. The van der Waals surface area contributed by atoms with E-state index in [1.807, 2.05) is 0 Å². The van der Waals surface area contributed by atoms with E-state index in [1.165, 1.54) is 37.1 Å². The number of morpholine rings is 1. The molecule has 31 heavy (non-hydrogen) atoms. The van der Waals surface area contributed by atoms with Crippen LogP contribution in [0.2, 0.25) is 0 Å². The zero-order valence-electron chi connectivity index (χ0n) is 19.9. The number of rotatable bonds is 4. The first kappa shape index (κ1) is 22.4. The van der Waals surface area contributed by atoms with Crippen LogP contribution in [-0.4, -0.2) is 62.9 Å². The molecule has 3 fully saturated rings. The van der Waals surface area contributed by atoms with E-state index in [4.69, 9.17) is 10.00 Å². The Morgan fingerprint density at radius 3 is 2.26 bits per heavy atom. The summed E-state index contributed by atoms with van der Waals surface area (Å²) >= 11 is 0. The summed E-state index contributed by atoms with van der Waals surface area (Å²) < 4.78 is 5.98. The van der Waals surface area contributed by atoms with Crippen molar-refractivity contribution < 1.29 is 4.74 Å². The minimum absolute atomic E-state index is 0.274. The van der Waals surface area contributed by atoms with Crippen molar-refractivity contribution in [3.05, 3.63) is 23.8 Å². The molecule has 2 heterocycles. The van der Waals surface area contributed by atoms with Crippen LogP contribution in [0.1, 0.15) is 64.9 Å². The molecule has 170 valence electrons. The van der Waals surface area contributed by atoms with Gasteiger partial charge in [-0.05, 0) is 74.6 Å². The van der Waals surface area contributed by atoms with Crippen LogP contribution in [0, 0.1) is 16.7 Å². The highest BCUT2D eigenvalue weighted by molar-refractivity contribution is 5.64. The zero-order chi connectivity index (χ0) is 22.0. The summed E-state index contributed by atoms with van der Waals surface area (Å²) in [6.45, 7) is 15.7. The molecule has 0 radical (unpaired) electrons. The van der Waals surface area contributed by atoms with Crippen LogP contribution in [0.4, 0.5) is 11.4 Å². The fraction of sp³-hybridized carbons (Fsp3) is 0.731. The number of piperazine rings is 1. The SMILES string of the molecule is CC1CN(c2ccc(N3CCN(CC#N)CC3)c(C3CCC(C)(C)CC3)c2)CC(C)O1. The van der Waals surface area contributed by atoms with Gasteiger partial charge in [0.1, 0.15) is 0 Å². The Morgan fingerprint density at radius 1 is 1.00 bits per heavy atom. The lowest BCUT2D eigenvalue weighted by Gasteiger charge is -2.41. The molecule has 0 aromatic heterocycles. The Bertz CT molecular complexity index is 773. The van der Waals surface area contributed by atoms with Gasteiger partial charge in [0.05, 0.1) is 24.8 Å². The van der Waals surface area contributed by atoms with Gasteiger partial charge in [0, 0.05) is 50.6 Å². The van der Waals surface area contributed by atoms with Crippen LogP contribution >= 0.6 is 0 Å². The second kappa shape index (κ2) is 9.38. The van der Waals surface area contributed by atoms with Crippen molar-refractivity contribution in [2.24, 2.45) is 5.41 Å². The van der Waals surface area contributed by atoms with Crippen molar-refractivity contribution in [2.45, 2.75) is 71.5 Å². The van der Waals surface area contributed by atoms with Crippen LogP contribution < -0.4 is 9.80 Å². The van der Waals surface area contributed by atoms with Gasteiger partial charge < -0.3 is 14.5 Å². The van der Waals surface area contributed by atoms with E-state index < -0.39 is 0 Å². The Kier molecular flexibility index (Phi) is 6.79. The van der Waals surface area contributed by atoms with Gasteiger partial charge in [-0.2, -0.15) is 5.26 Å². The van der Waals surface area contributed by atoms with E-state index in [2.05, 4.69) is 66.7 Å². The molecule has 1 aromatic rings. The maximum Gasteiger partial charge on any atom is 0.0867 e. The van der Waals surface area contributed by atoms with Crippen molar-refractivity contribution in [3.63, 3.8) is 0 Å². The summed E-state index contributed by atoms with van der Waals surface area (Å²) in [5.41, 5.74) is 4.81. The van der Waals surface area contributed by atoms with Crippen LogP contribution in [0.25, 0.3) is 0 Å². The second-order valence-electron chi connectivity index (χ2n) is 10.8. The van der Waals surface area contributed by atoms with Gasteiger partial charge in [-0.1, -0.05) is 13.8 Å². The average Bonchev–Trinajstić information content (AvgIpc) is 2.74. The van der Waals surface area contributed by atoms with Crippen molar-refractivity contribution in [2.75, 3.05) is 55.6 Å². The molecule has 5 nitrogen and oxygen atoms in total. The first-order valence-electron chi connectivity index (χ1n) is 12.2. The van der Waals surface area contributed by atoms with E-state index in [9.17, 15) is 0 Å². The quantitative estimate of drug-likeness (QED) is 0.659. The van der Waals surface area contributed by atoms with E-state index >= 15 is 0 Å². The maximum atomic E-state index is 9.03. The molecule has 0 spiro atoms. The highest BCUT2D eigenvalue weighted by Crippen LogP contribution is 2.45. The predicted molar refractivity (Wildman–Crippen MR) is 128 cm³/mol. The Balaban J connectivity index is 1.59. The molecule has 4 rings (SSSR count). The number of nitrogens with zero attached hydrogens (tertiary/aromatic N) is 4. The van der Waals surface area contributed by atoms with Gasteiger partial charge in [0.25, 0.3) is 0 Å². The number of anilines is 2.